The van der Waals surface area contributed by atoms with Crippen LogP contribution in [0.5, 0.6) is 0 Å². The van der Waals surface area contributed by atoms with E-state index < -0.39 is 0 Å². The molecule has 96 valence electrons. The van der Waals surface area contributed by atoms with Gasteiger partial charge in [-0.15, -0.1) is 0 Å². The second kappa shape index (κ2) is 4.29. The third-order valence-electron chi connectivity index (χ3n) is 5.82. The fourth-order valence-corrected chi connectivity index (χ4v) is 5.37. The van der Waals surface area contributed by atoms with Crippen LogP contribution in [0.2, 0.25) is 0 Å². The van der Waals surface area contributed by atoms with E-state index in [9.17, 15) is 4.79 Å². The van der Waals surface area contributed by atoms with Crippen LogP contribution in [0.15, 0.2) is 0 Å². The van der Waals surface area contributed by atoms with E-state index in [0.29, 0.717) is 5.92 Å². The number of hydrogen-bond donors (Lipinski definition) is 0. The van der Waals surface area contributed by atoms with Gasteiger partial charge < -0.3 is 4.74 Å². The van der Waals surface area contributed by atoms with Crippen molar-refractivity contribution in [1.82, 2.24) is 0 Å². The van der Waals surface area contributed by atoms with Gasteiger partial charge in [0, 0.05) is 0 Å². The average Bonchev–Trinajstić information content (AvgIpc) is 2.99. The first-order valence-corrected chi connectivity index (χ1v) is 7.34. The summed E-state index contributed by atoms with van der Waals surface area (Å²) in [7, 11) is 1.55. The van der Waals surface area contributed by atoms with Crippen molar-refractivity contribution in [3.63, 3.8) is 0 Å². The molecule has 2 nitrogen and oxygen atoms in total. The van der Waals surface area contributed by atoms with Crippen molar-refractivity contribution in [2.45, 2.75) is 45.4 Å². The molecule has 17 heavy (non-hydrogen) atoms. The fraction of sp³-hybridized carbons (Fsp3) is 0.933. The Kier molecular flexibility index (Phi) is 2.92. The van der Waals surface area contributed by atoms with Crippen LogP contribution >= 0.6 is 0 Å². The normalized spacial score (nSPS) is 47.2. The topological polar surface area (TPSA) is 26.3 Å². The quantitative estimate of drug-likeness (QED) is 0.703. The van der Waals surface area contributed by atoms with E-state index in [0.717, 1.165) is 30.1 Å². The van der Waals surface area contributed by atoms with E-state index in [1.807, 2.05) is 0 Å². The van der Waals surface area contributed by atoms with Crippen molar-refractivity contribution in [3.05, 3.63) is 0 Å². The third kappa shape index (κ3) is 1.63. The number of hydrogen-bond acceptors (Lipinski definition) is 2. The van der Waals surface area contributed by atoms with Gasteiger partial charge in [0.15, 0.2) is 0 Å². The van der Waals surface area contributed by atoms with Crippen LogP contribution in [0.4, 0.5) is 0 Å². The Bertz CT molecular complexity index is 312. The van der Waals surface area contributed by atoms with Crippen LogP contribution < -0.4 is 0 Å². The number of rotatable bonds is 3. The van der Waals surface area contributed by atoms with E-state index >= 15 is 0 Å². The van der Waals surface area contributed by atoms with Gasteiger partial charge >= 0.3 is 5.97 Å². The molecule has 0 aromatic rings. The summed E-state index contributed by atoms with van der Waals surface area (Å²) in [5.74, 6) is 4.54. The number of esters is 1. The van der Waals surface area contributed by atoms with Gasteiger partial charge in [-0.2, -0.15) is 0 Å². The molecule has 0 aliphatic heterocycles. The molecule has 0 aromatic carbocycles. The maximum absolute atomic E-state index is 11.8. The summed E-state index contributed by atoms with van der Waals surface area (Å²) in [6, 6.07) is 0. The lowest BCUT2D eigenvalue weighted by atomic mass is 9.72. The van der Waals surface area contributed by atoms with Crippen LogP contribution in [0.3, 0.4) is 0 Å². The Hall–Kier alpha value is -0.530. The number of carbonyl (C=O) groups excluding carboxylic acids is 1. The molecule has 0 spiro atoms. The van der Waals surface area contributed by atoms with E-state index in [4.69, 9.17) is 4.74 Å². The van der Waals surface area contributed by atoms with Crippen molar-refractivity contribution in [2.75, 3.05) is 7.11 Å². The lowest BCUT2D eigenvalue weighted by Gasteiger charge is -2.33. The zero-order chi connectivity index (χ0) is 12.0. The molecular weight excluding hydrogens is 212 g/mol. The first-order valence-electron chi connectivity index (χ1n) is 7.34. The second-order valence-electron chi connectivity index (χ2n) is 6.39. The molecule has 3 aliphatic rings. The van der Waals surface area contributed by atoms with Gasteiger partial charge in [-0.25, -0.2) is 0 Å². The number of fused-ring (bicyclic) bond motifs is 5. The summed E-state index contributed by atoms with van der Waals surface area (Å²) in [4.78, 5) is 11.8. The minimum atomic E-state index is 0.0677. The maximum Gasteiger partial charge on any atom is 0.308 e. The first kappa shape index (κ1) is 11.6. The van der Waals surface area contributed by atoms with Gasteiger partial charge in [-0.3, -0.25) is 4.79 Å². The highest BCUT2D eigenvalue weighted by Crippen LogP contribution is 2.63. The Balaban J connectivity index is 1.76. The molecule has 0 N–H and O–H groups in total. The summed E-state index contributed by atoms with van der Waals surface area (Å²) in [6.07, 6.45) is 7.97. The molecule has 3 fully saturated rings. The molecular formula is C15H24O2. The summed E-state index contributed by atoms with van der Waals surface area (Å²) in [5, 5.41) is 0. The number of ether oxygens (including phenoxy) is 1. The predicted octanol–water partition coefficient (Wildman–Crippen LogP) is 3.26. The molecule has 2 bridgehead atoms. The molecule has 2 heteroatoms. The average molecular weight is 236 g/mol. The first-order chi connectivity index (χ1) is 8.26. The van der Waals surface area contributed by atoms with Gasteiger partial charge in [-0.1, -0.05) is 19.8 Å². The smallest absolute Gasteiger partial charge is 0.308 e. The zero-order valence-corrected chi connectivity index (χ0v) is 11.0. The van der Waals surface area contributed by atoms with Crippen LogP contribution in [0.25, 0.3) is 0 Å². The molecule has 0 saturated heterocycles. The number of methoxy groups -OCH3 is 1. The molecule has 0 amide bonds. The summed E-state index contributed by atoms with van der Waals surface area (Å²) in [6.45, 7) is 2.29. The second-order valence-corrected chi connectivity index (χ2v) is 6.39. The Morgan fingerprint density at radius 1 is 1.24 bits per heavy atom. The van der Waals surface area contributed by atoms with Crippen molar-refractivity contribution >= 4 is 5.97 Å². The highest BCUT2D eigenvalue weighted by molar-refractivity contribution is 5.73. The summed E-state index contributed by atoms with van der Waals surface area (Å²) >= 11 is 0. The standard InChI is InChI=1S/C15H24O2/c1-3-4-9-5-6-11-10-7-12(14(9)11)13(8-10)15(16)17-2/h9-14H,3-8H2,1-2H3. The molecule has 3 aliphatic carbocycles. The van der Waals surface area contributed by atoms with Crippen molar-refractivity contribution < 1.29 is 9.53 Å². The Morgan fingerprint density at radius 3 is 2.76 bits per heavy atom. The van der Waals surface area contributed by atoms with Gasteiger partial charge in [-0.05, 0) is 55.3 Å². The van der Waals surface area contributed by atoms with Gasteiger partial charge in [0.2, 0.25) is 0 Å². The van der Waals surface area contributed by atoms with E-state index in [1.165, 1.54) is 32.1 Å². The summed E-state index contributed by atoms with van der Waals surface area (Å²) in [5.41, 5.74) is 0. The monoisotopic (exact) mass is 236 g/mol. The summed E-state index contributed by atoms with van der Waals surface area (Å²) < 4.78 is 4.99. The predicted molar refractivity (Wildman–Crippen MR) is 66.3 cm³/mol. The minimum absolute atomic E-state index is 0.0677. The molecule has 0 heterocycles. The van der Waals surface area contributed by atoms with Gasteiger partial charge in [0.25, 0.3) is 0 Å². The van der Waals surface area contributed by atoms with Crippen LogP contribution in [-0.4, -0.2) is 13.1 Å². The van der Waals surface area contributed by atoms with Gasteiger partial charge in [0.1, 0.15) is 0 Å². The van der Waals surface area contributed by atoms with Crippen molar-refractivity contribution in [3.8, 4) is 0 Å². The maximum atomic E-state index is 11.8. The largest absolute Gasteiger partial charge is 0.469 e. The van der Waals surface area contributed by atoms with Crippen molar-refractivity contribution in [1.29, 1.82) is 0 Å². The van der Waals surface area contributed by atoms with Crippen LogP contribution in [-0.2, 0) is 9.53 Å². The van der Waals surface area contributed by atoms with Gasteiger partial charge in [0.05, 0.1) is 13.0 Å². The molecule has 3 rings (SSSR count). The number of carbonyl (C=O) groups is 1. The molecule has 6 atom stereocenters. The molecule has 0 aromatic heterocycles. The zero-order valence-electron chi connectivity index (χ0n) is 11.0. The van der Waals surface area contributed by atoms with E-state index in [1.54, 1.807) is 7.11 Å². The van der Waals surface area contributed by atoms with E-state index in [-0.39, 0.29) is 11.9 Å². The third-order valence-corrected chi connectivity index (χ3v) is 5.82. The van der Waals surface area contributed by atoms with Crippen LogP contribution in [0, 0.1) is 35.5 Å². The SMILES string of the molecule is CCCC1CCC2C3CC(C(=O)OC)C(C3)C12. The van der Waals surface area contributed by atoms with E-state index in [2.05, 4.69) is 6.92 Å². The molecule has 0 radical (unpaired) electrons. The molecule has 3 saturated carbocycles. The Labute approximate surface area is 104 Å². The highest BCUT2D eigenvalue weighted by Gasteiger charge is 2.58. The minimum Gasteiger partial charge on any atom is -0.469 e. The lowest BCUT2D eigenvalue weighted by molar-refractivity contribution is -0.148. The lowest BCUT2D eigenvalue weighted by Crippen LogP contribution is -2.33. The molecule has 6 unspecified atom stereocenters. The fourth-order valence-electron chi connectivity index (χ4n) is 5.37. The highest BCUT2D eigenvalue weighted by atomic mass is 16.5. The van der Waals surface area contributed by atoms with Crippen LogP contribution in [0.1, 0.15) is 45.4 Å². The Morgan fingerprint density at radius 2 is 2.06 bits per heavy atom. The van der Waals surface area contributed by atoms with Crippen molar-refractivity contribution in [2.24, 2.45) is 35.5 Å².